The topological polar surface area (TPSA) is 12.0 Å². The second-order valence-corrected chi connectivity index (χ2v) is 4.34. The summed E-state index contributed by atoms with van der Waals surface area (Å²) < 4.78 is 0. The van der Waals surface area contributed by atoms with Gasteiger partial charge in [-0.15, -0.1) is 0 Å². The lowest BCUT2D eigenvalue weighted by Gasteiger charge is -2.23. The molecule has 1 aromatic carbocycles. The van der Waals surface area contributed by atoms with Crippen LogP contribution in [0.15, 0.2) is 24.3 Å². The van der Waals surface area contributed by atoms with Crippen LogP contribution in [0.25, 0.3) is 0 Å². The van der Waals surface area contributed by atoms with Crippen molar-refractivity contribution in [3.63, 3.8) is 0 Å². The third-order valence-corrected chi connectivity index (χ3v) is 2.98. The molecule has 0 saturated carbocycles. The molecular formula is C13H19N. The molecule has 76 valence electrons. The number of aryl methyl sites for hydroxylation is 1. The van der Waals surface area contributed by atoms with Crippen molar-refractivity contribution in [1.82, 2.24) is 5.32 Å². The van der Waals surface area contributed by atoms with E-state index in [2.05, 4.69) is 36.5 Å². The molecule has 0 spiro atoms. The van der Waals surface area contributed by atoms with Gasteiger partial charge in [0.2, 0.25) is 0 Å². The van der Waals surface area contributed by atoms with Crippen molar-refractivity contribution in [2.75, 3.05) is 6.54 Å². The summed E-state index contributed by atoms with van der Waals surface area (Å²) in [4.78, 5) is 0. The third-order valence-electron chi connectivity index (χ3n) is 2.98. The first-order valence-corrected chi connectivity index (χ1v) is 5.63. The van der Waals surface area contributed by atoms with Gasteiger partial charge in [0.25, 0.3) is 0 Å². The van der Waals surface area contributed by atoms with E-state index in [4.69, 9.17) is 0 Å². The number of nitrogens with one attached hydrogen (secondary N) is 1. The Kier molecular flexibility index (Phi) is 3.20. The largest absolute Gasteiger partial charge is 0.314 e. The summed E-state index contributed by atoms with van der Waals surface area (Å²) in [6, 6.07) is 9.58. The Bertz CT molecular complexity index is 287. The van der Waals surface area contributed by atoms with Crippen LogP contribution in [0.3, 0.4) is 0 Å². The second kappa shape index (κ2) is 4.61. The fraction of sp³-hybridized carbons (Fsp3) is 0.538. The number of hydrogen-bond acceptors (Lipinski definition) is 1. The van der Waals surface area contributed by atoms with E-state index < -0.39 is 0 Å². The smallest absolute Gasteiger partial charge is 0.0107 e. The average Bonchev–Trinajstić information content (AvgIpc) is 2.19. The molecule has 0 aromatic heterocycles. The van der Waals surface area contributed by atoms with Gasteiger partial charge in [-0.2, -0.15) is 0 Å². The lowest BCUT2D eigenvalue weighted by molar-refractivity contribution is 0.399. The zero-order valence-electron chi connectivity index (χ0n) is 8.92. The van der Waals surface area contributed by atoms with Crippen LogP contribution in [0, 0.1) is 6.92 Å². The van der Waals surface area contributed by atoms with Gasteiger partial charge < -0.3 is 5.32 Å². The van der Waals surface area contributed by atoms with Crippen molar-refractivity contribution in [2.24, 2.45) is 0 Å². The zero-order chi connectivity index (χ0) is 9.80. The highest BCUT2D eigenvalue weighted by Gasteiger charge is 2.12. The molecule has 1 N–H and O–H groups in total. The summed E-state index contributed by atoms with van der Waals surface area (Å²) in [5, 5.41) is 3.59. The van der Waals surface area contributed by atoms with Gasteiger partial charge >= 0.3 is 0 Å². The zero-order valence-corrected chi connectivity index (χ0v) is 8.92. The molecule has 1 aromatic rings. The number of hydrogen-bond donors (Lipinski definition) is 1. The van der Waals surface area contributed by atoms with Gasteiger partial charge in [0.05, 0.1) is 0 Å². The predicted molar refractivity (Wildman–Crippen MR) is 60.5 cm³/mol. The van der Waals surface area contributed by atoms with Crippen molar-refractivity contribution in [2.45, 2.75) is 38.6 Å². The molecule has 0 amide bonds. The van der Waals surface area contributed by atoms with Crippen LogP contribution in [0.2, 0.25) is 0 Å². The molecule has 14 heavy (non-hydrogen) atoms. The molecule has 0 aliphatic carbocycles. The standard InChI is InChI=1S/C13H19N/c1-11-5-4-6-12(9-11)10-13-7-2-3-8-14-13/h4-6,9,13-14H,2-3,7-8,10H2,1H3/t13-/m1/s1. The van der Waals surface area contributed by atoms with Gasteiger partial charge in [-0.25, -0.2) is 0 Å². The van der Waals surface area contributed by atoms with Crippen molar-refractivity contribution >= 4 is 0 Å². The Morgan fingerprint density at radius 2 is 2.29 bits per heavy atom. The Morgan fingerprint density at radius 1 is 1.36 bits per heavy atom. The fourth-order valence-corrected chi connectivity index (χ4v) is 2.22. The van der Waals surface area contributed by atoms with E-state index in [0.717, 1.165) is 0 Å². The average molecular weight is 189 g/mol. The van der Waals surface area contributed by atoms with Crippen LogP contribution in [-0.4, -0.2) is 12.6 Å². The van der Waals surface area contributed by atoms with Gasteiger partial charge in [0.15, 0.2) is 0 Å². The lowest BCUT2D eigenvalue weighted by atomic mass is 9.97. The first-order chi connectivity index (χ1) is 6.84. The van der Waals surface area contributed by atoms with E-state index in [1.807, 2.05) is 0 Å². The summed E-state index contributed by atoms with van der Waals surface area (Å²) in [5.74, 6) is 0. The van der Waals surface area contributed by atoms with Gasteiger partial charge in [-0.3, -0.25) is 0 Å². The third kappa shape index (κ3) is 2.58. The first kappa shape index (κ1) is 9.72. The van der Waals surface area contributed by atoms with Crippen LogP contribution in [0.5, 0.6) is 0 Å². The number of piperidine rings is 1. The first-order valence-electron chi connectivity index (χ1n) is 5.63. The quantitative estimate of drug-likeness (QED) is 0.754. The molecule has 1 atom stereocenters. The summed E-state index contributed by atoms with van der Waals surface area (Å²) in [6.45, 7) is 3.37. The molecule has 1 heterocycles. The molecule has 0 radical (unpaired) electrons. The summed E-state index contributed by atoms with van der Waals surface area (Å²) >= 11 is 0. The van der Waals surface area contributed by atoms with Crippen LogP contribution in [0.4, 0.5) is 0 Å². The minimum absolute atomic E-state index is 0.713. The van der Waals surface area contributed by atoms with Gasteiger partial charge in [-0.1, -0.05) is 36.2 Å². The summed E-state index contributed by atoms with van der Waals surface area (Å²) in [5.41, 5.74) is 2.85. The lowest BCUT2D eigenvalue weighted by Crippen LogP contribution is -2.35. The summed E-state index contributed by atoms with van der Waals surface area (Å²) in [6.07, 6.45) is 5.28. The highest BCUT2D eigenvalue weighted by Crippen LogP contribution is 2.13. The Morgan fingerprint density at radius 3 is 3.00 bits per heavy atom. The number of benzene rings is 1. The molecule has 0 unspecified atom stereocenters. The van der Waals surface area contributed by atoms with Crippen LogP contribution < -0.4 is 5.32 Å². The fourth-order valence-electron chi connectivity index (χ4n) is 2.22. The molecule has 1 aliphatic rings. The highest BCUT2D eigenvalue weighted by molar-refractivity contribution is 5.23. The monoisotopic (exact) mass is 189 g/mol. The molecule has 0 bridgehead atoms. The Labute approximate surface area is 86.5 Å². The van der Waals surface area contributed by atoms with Gasteiger partial charge in [0, 0.05) is 6.04 Å². The normalized spacial score (nSPS) is 22.2. The predicted octanol–water partition coefficient (Wildman–Crippen LogP) is 2.68. The van der Waals surface area contributed by atoms with Gasteiger partial charge in [0.1, 0.15) is 0 Å². The highest BCUT2D eigenvalue weighted by atomic mass is 14.9. The SMILES string of the molecule is Cc1cccc(C[C@H]2CCCCN2)c1. The number of rotatable bonds is 2. The van der Waals surface area contributed by atoms with E-state index in [-0.39, 0.29) is 0 Å². The minimum Gasteiger partial charge on any atom is -0.314 e. The van der Waals surface area contributed by atoms with E-state index >= 15 is 0 Å². The van der Waals surface area contributed by atoms with Gasteiger partial charge in [-0.05, 0) is 38.3 Å². The molecule has 1 heteroatoms. The van der Waals surface area contributed by atoms with Crippen molar-refractivity contribution in [3.05, 3.63) is 35.4 Å². The second-order valence-electron chi connectivity index (χ2n) is 4.34. The molecule has 1 aliphatic heterocycles. The van der Waals surface area contributed by atoms with E-state index in [9.17, 15) is 0 Å². The Hall–Kier alpha value is -0.820. The van der Waals surface area contributed by atoms with Crippen molar-refractivity contribution in [3.8, 4) is 0 Å². The van der Waals surface area contributed by atoms with Crippen LogP contribution >= 0.6 is 0 Å². The maximum atomic E-state index is 3.59. The van der Waals surface area contributed by atoms with Crippen molar-refractivity contribution < 1.29 is 0 Å². The van der Waals surface area contributed by atoms with E-state index in [1.54, 1.807) is 0 Å². The molecular weight excluding hydrogens is 170 g/mol. The minimum atomic E-state index is 0.713. The van der Waals surface area contributed by atoms with Crippen molar-refractivity contribution in [1.29, 1.82) is 0 Å². The molecule has 1 nitrogen and oxygen atoms in total. The maximum Gasteiger partial charge on any atom is 0.0107 e. The Balaban J connectivity index is 1.95. The van der Waals surface area contributed by atoms with E-state index in [0.29, 0.717) is 6.04 Å². The van der Waals surface area contributed by atoms with Crippen LogP contribution in [-0.2, 0) is 6.42 Å². The summed E-state index contributed by atoms with van der Waals surface area (Å²) in [7, 11) is 0. The molecule has 2 rings (SSSR count). The van der Waals surface area contributed by atoms with Crippen LogP contribution in [0.1, 0.15) is 30.4 Å². The molecule has 1 saturated heterocycles. The maximum absolute atomic E-state index is 3.59. The molecule has 1 fully saturated rings. The van der Waals surface area contributed by atoms with E-state index in [1.165, 1.54) is 43.4 Å².